The first kappa shape index (κ1) is 27.3. The van der Waals surface area contributed by atoms with E-state index in [-0.39, 0.29) is 11.6 Å². The molecule has 1 aliphatic heterocycles. The molecule has 41 heavy (non-hydrogen) atoms. The lowest BCUT2D eigenvalue weighted by Crippen LogP contribution is -2.27. The molecule has 1 aliphatic rings. The van der Waals surface area contributed by atoms with Crippen molar-refractivity contribution in [3.8, 4) is 10.4 Å². The molecule has 0 spiro atoms. The van der Waals surface area contributed by atoms with Gasteiger partial charge in [-0.3, -0.25) is 4.79 Å². The van der Waals surface area contributed by atoms with Crippen LogP contribution in [-0.2, 0) is 17.8 Å². The number of nitrogens with zero attached hydrogens (tertiary/aromatic N) is 4. The summed E-state index contributed by atoms with van der Waals surface area (Å²) in [5.41, 5.74) is 1.89. The van der Waals surface area contributed by atoms with Crippen LogP contribution >= 0.6 is 11.3 Å². The van der Waals surface area contributed by atoms with Crippen LogP contribution in [0, 0.1) is 24.5 Å². The first-order valence-electron chi connectivity index (χ1n) is 13.8. The normalized spacial score (nSPS) is 14.9. The summed E-state index contributed by atoms with van der Waals surface area (Å²) in [4.78, 5) is 23.9. The van der Waals surface area contributed by atoms with E-state index in [2.05, 4.69) is 15.3 Å². The molecule has 5 heterocycles. The van der Waals surface area contributed by atoms with Crippen LogP contribution in [0.2, 0.25) is 0 Å². The van der Waals surface area contributed by atoms with Gasteiger partial charge < -0.3 is 19.2 Å². The van der Waals surface area contributed by atoms with E-state index in [0.717, 1.165) is 41.2 Å². The Morgan fingerprint density at radius 1 is 1.10 bits per heavy atom. The third kappa shape index (κ3) is 5.94. The highest BCUT2D eigenvalue weighted by molar-refractivity contribution is 7.15. The molecule has 0 bridgehead atoms. The highest BCUT2D eigenvalue weighted by Gasteiger charge is 2.19. The predicted molar refractivity (Wildman–Crippen MR) is 157 cm³/mol. The summed E-state index contributed by atoms with van der Waals surface area (Å²) in [5.74, 6) is -0.117. The Morgan fingerprint density at radius 2 is 1.85 bits per heavy atom. The molecule has 10 heteroatoms. The van der Waals surface area contributed by atoms with Crippen LogP contribution in [0.4, 0.5) is 14.6 Å². The van der Waals surface area contributed by atoms with Crippen molar-refractivity contribution in [3.05, 3.63) is 99.3 Å². The highest BCUT2D eigenvalue weighted by Crippen LogP contribution is 2.36. The third-order valence-electron chi connectivity index (χ3n) is 7.55. The highest BCUT2D eigenvalue weighted by atomic mass is 32.1. The van der Waals surface area contributed by atoms with Gasteiger partial charge in [-0.15, -0.1) is 11.3 Å². The summed E-state index contributed by atoms with van der Waals surface area (Å²) >= 11 is 1.52. The zero-order valence-corrected chi connectivity index (χ0v) is 23.8. The number of fused-ring (bicyclic) bond motifs is 1. The largest absolute Gasteiger partial charge is 0.381 e. The molecule has 1 fully saturated rings. The molecule has 4 aromatic heterocycles. The van der Waals surface area contributed by atoms with Gasteiger partial charge in [0.1, 0.15) is 11.6 Å². The van der Waals surface area contributed by atoms with Gasteiger partial charge in [-0.05, 0) is 80.1 Å². The lowest BCUT2D eigenvalue weighted by Gasteiger charge is -2.23. The molecule has 5 aromatic rings. The second-order valence-electron chi connectivity index (χ2n) is 10.6. The van der Waals surface area contributed by atoms with Crippen molar-refractivity contribution < 1.29 is 13.5 Å². The number of nitrogens with one attached hydrogen (secondary N) is 1. The maximum Gasteiger partial charge on any atom is 0.252 e. The van der Waals surface area contributed by atoms with E-state index in [0.29, 0.717) is 47.3 Å². The number of thiophene rings is 1. The van der Waals surface area contributed by atoms with Crippen LogP contribution in [-0.4, -0.2) is 32.3 Å². The predicted octanol–water partition coefficient (Wildman–Crippen LogP) is 6.56. The summed E-state index contributed by atoms with van der Waals surface area (Å²) in [6.07, 6.45) is 7.52. The number of benzene rings is 1. The fourth-order valence-electron chi connectivity index (χ4n) is 5.35. The minimum absolute atomic E-state index is 0.0776. The minimum Gasteiger partial charge on any atom is -0.381 e. The van der Waals surface area contributed by atoms with Crippen molar-refractivity contribution in [3.63, 3.8) is 0 Å². The van der Waals surface area contributed by atoms with Crippen LogP contribution in [0.5, 0.6) is 0 Å². The number of ether oxygens (including phenoxy) is 1. The Bertz CT molecular complexity index is 1740. The molecule has 212 valence electrons. The molecule has 0 amide bonds. The average molecular weight is 576 g/mol. The average Bonchev–Trinajstić information content (AvgIpc) is 3.65. The molecule has 0 aliphatic carbocycles. The second-order valence-corrected chi connectivity index (χ2v) is 11.7. The molecule has 1 N–H and O–H groups in total. The Labute approximate surface area is 240 Å². The molecular weight excluding hydrogens is 544 g/mol. The van der Waals surface area contributed by atoms with Crippen molar-refractivity contribution in [2.75, 3.05) is 18.5 Å². The first-order chi connectivity index (χ1) is 19.8. The van der Waals surface area contributed by atoms with E-state index in [1.54, 1.807) is 17.6 Å². The van der Waals surface area contributed by atoms with E-state index in [4.69, 9.17) is 4.74 Å². The summed E-state index contributed by atoms with van der Waals surface area (Å²) < 4.78 is 37.7. The van der Waals surface area contributed by atoms with Crippen molar-refractivity contribution in [2.24, 2.45) is 5.92 Å². The SMILES string of the molecule is Cc1nc(N[C@H](C)c2ccc(-c3cc(F)c(F)cc3Cn3cccc3)s2)c2cn(CC3CCOCC3)c(=O)cc2n1. The molecule has 0 unspecified atom stereocenters. The zero-order chi connectivity index (χ0) is 28.5. The van der Waals surface area contributed by atoms with E-state index < -0.39 is 11.6 Å². The second kappa shape index (κ2) is 11.5. The lowest BCUT2D eigenvalue weighted by molar-refractivity contribution is 0.0610. The van der Waals surface area contributed by atoms with Gasteiger partial charge in [-0.25, -0.2) is 18.7 Å². The molecule has 0 radical (unpaired) electrons. The topological polar surface area (TPSA) is 74.0 Å². The molecule has 1 aromatic carbocycles. The van der Waals surface area contributed by atoms with E-state index in [1.165, 1.54) is 23.5 Å². The van der Waals surface area contributed by atoms with Gasteiger partial charge in [0, 0.05) is 60.7 Å². The number of rotatable bonds is 8. The quantitative estimate of drug-likeness (QED) is 0.227. The number of aromatic nitrogens is 4. The maximum absolute atomic E-state index is 14.3. The van der Waals surface area contributed by atoms with Crippen molar-refractivity contribution in [1.82, 2.24) is 19.1 Å². The molecule has 6 rings (SSSR count). The van der Waals surface area contributed by atoms with E-state index >= 15 is 0 Å². The smallest absolute Gasteiger partial charge is 0.252 e. The van der Waals surface area contributed by atoms with Gasteiger partial charge in [0.15, 0.2) is 11.6 Å². The number of halogens is 2. The number of anilines is 1. The Morgan fingerprint density at radius 3 is 2.63 bits per heavy atom. The molecule has 7 nitrogen and oxygen atoms in total. The minimum atomic E-state index is -0.868. The van der Waals surface area contributed by atoms with Crippen LogP contribution in [0.15, 0.2) is 65.8 Å². The van der Waals surface area contributed by atoms with E-state index in [1.807, 2.05) is 54.3 Å². The lowest BCUT2D eigenvalue weighted by atomic mass is 10.0. The fourth-order valence-corrected chi connectivity index (χ4v) is 6.41. The van der Waals surface area contributed by atoms with Gasteiger partial charge in [0.25, 0.3) is 5.56 Å². The van der Waals surface area contributed by atoms with Crippen molar-refractivity contribution in [1.29, 1.82) is 0 Å². The fraction of sp³-hybridized carbons (Fsp3) is 0.323. The van der Waals surface area contributed by atoms with Crippen LogP contribution < -0.4 is 10.9 Å². The summed E-state index contributed by atoms with van der Waals surface area (Å²) in [5, 5.41) is 4.29. The molecule has 1 atom stereocenters. The Balaban J connectivity index is 1.29. The van der Waals surface area contributed by atoms with Gasteiger partial charge in [-0.2, -0.15) is 0 Å². The third-order valence-corrected chi connectivity index (χ3v) is 8.85. The number of aryl methyl sites for hydroxylation is 1. The number of hydrogen-bond acceptors (Lipinski definition) is 6. The summed E-state index contributed by atoms with van der Waals surface area (Å²) in [6, 6.07) is 11.7. The van der Waals surface area contributed by atoms with E-state index in [9.17, 15) is 13.6 Å². The van der Waals surface area contributed by atoms with Crippen LogP contribution in [0.3, 0.4) is 0 Å². The van der Waals surface area contributed by atoms with Crippen molar-refractivity contribution >= 4 is 28.1 Å². The Kier molecular flexibility index (Phi) is 7.68. The summed E-state index contributed by atoms with van der Waals surface area (Å²) in [6.45, 7) is 6.35. The van der Waals surface area contributed by atoms with Crippen LogP contribution in [0.1, 0.15) is 42.1 Å². The monoisotopic (exact) mass is 575 g/mol. The van der Waals surface area contributed by atoms with Crippen molar-refractivity contribution in [2.45, 2.75) is 45.8 Å². The molecular formula is C31H31F2N5O2S. The van der Waals surface area contributed by atoms with Gasteiger partial charge >= 0.3 is 0 Å². The zero-order valence-electron chi connectivity index (χ0n) is 22.9. The number of hydrogen-bond donors (Lipinski definition) is 1. The van der Waals surface area contributed by atoms with Crippen LogP contribution in [0.25, 0.3) is 21.3 Å². The molecule has 0 saturated carbocycles. The molecule has 1 saturated heterocycles. The van der Waals surface area contributed by atoms with Gasteiger partial charge in [0.05, 0.1) is 16.9 Å². The first-order valence-corrected chi connectivity index (χ1v) is 14.6. The summed E-state index contributed by atoms with van der Waals surface area (Å²) in [7, 11) is 0. The van der Waals surface area contributed by atoms with Gasteiger partial charge in [-0.1, -0.05) is 0 Å². The number of pyridine rings is 1. The maximum atomic E-state index is 14.3. The standard InChI is InChI=1S/C31H31F2N5O2S/c1-19(28-5-6-29(41-28)23-14-26(33)25(32)13-22(23)17-37-9-3-4-10-37)34-31-24-18-38(16-21-7-11-40-12-8-21)30(39)15-27(24)35-20(2)36-31/h3-6,9-10,13-15,18-19,21H,7-8,11-12,16-17H2,1-2H3,(H,34,35,36)/t19-/m1/s1. The Hall–Kier alpha value is -3.89. The van der Waals surface area contributed by atoms with Gasteiger partial charge in [0.2, 0.25) is 0 Å².